The summed E-state index contributed by atoms with van der Waals surface area (Å²) in [4.78, 5) is 0. The van der Waals surface area contributed by atoms with E-state index in [0.29, 0.717) is 48.9 Å². The van der Waals surface area contributed by atoms with Gasteiger partial charge in [-0.3, -0.25) is 0 Å². The third-order valence-corrected chi connectivity index (χ3v) is 18.3. The van der Waals surface area contributed by atoms with Crippen molar-refractivity contribution in [1.82, 2.24) is 0 Å². The van der Waals surface area contributed by atoms with Gasteiger partial charge < -0.3 is 94.1 Å². The van der Waals surface area contributed by atoms with Crippen LogP contribution in [0.5, 0.6) is 0 Å². The molecule has 8 fully saturated rings. The van der Waals surface area contributed by atoms with Crippen LogP contribution >= 0.6 is 0 Å². The van der Waals surface area contributed by atoms with Gasteiger partial charge in [0.25, 0.3) is 0 Å². The van der Waals surface area contributed by atoms with E-state index in [4.69, 9.17) is 37.9 Å². The van der Waals surface area contributed by atoms with Crippen molar-refractivity contribution in [2.45, 2.75) is 202 Å². The summed E-state index contributed by atoms with van der Waals surface area (Å²) >= 11 is 0. The maximum atomic E-state index is 11.2. The minimum atomic E-state index is -1.74. The molecule has 0 radical (unpaired) electrons. The minimum Gasteiger partial charge on any atom is -0.394 e. The first-order chi connectivity index (χ1) is 30.9. The summed E-state index contributed by atoms with van der Waals surface area (Å²) < 4.78 is 48.8. The summed E-state index contributed by atoms with van der Waals surface area (Å²) in [5.74, 6) is 1.67. The van der Waals surface area contributed by atoms with E-state index in [1.165, 1.54) is 0 Å². The molecule has 4 aliphatic heterocycles. The fraction of sp³-hybridized carbons (Fsp3) is 1.00. The Labute approximate surface area is 381 Å². The first-order valence-electron chi connectivity index (χ1n) is 24.2. The zero-order valence-corrected chi connectivity index (χ0v) is 38.4. The van der Waals surface area contributed by atoms with E-state index < -0.39 is 118 Å². The zero-order valence-electron chi connectivity index (χ0n) is 38.4. The Morgan fingerprint density at radius 1 is 0.631 bits per heavy atom. The third kappa shape index (κ3) is 8.90. The van der Waals surface area contributed by atoms with Gasteiger partial charge in [0.15, 0.2) is 24.7 Å². The van der Waals surface area contributed by atoms with Crippen molar-refractivity contribution in [3.63, 3.8) is 0 Å². The number of fused-ring (bicyclic) bond motifs is 7. The van der Waals surface area contributed by atoms with Crippen LogP contribution in [0.3, 0.4) is 0 Å². The van der Waals surface area contributed by atoms with Crippen LogP contribution in [0.2, 0.25) is 0 Å². The summed E-state index contributed by atoms with van der Waals surface area (Å²) in [7, 11) is 1.73. The molecule has 0 aromatic carbocycles. The van der Waals surface area contributed by atoms with Gasteiger partial charge in [-0.2, -0.15) is 0 Å². The Hall–Kier alpha value is -0.760. The van der Waals surface area contributed by atoms with Gasteiger partial charge in [-0.25, -0.2) is 0 Å². The third-order valence-electron chi connectivity index (χ3n) is 18.3. The number of ether oxygens (including phenoxy) is 8. The Morgan fingerprint density at radius 3 is 1.85 bits per heavy atom. The van der Waals surface area contributed by atoms with E-state index >= 15 is 0 Å². The Bertz CT molecular complexity index is 1580. The Balaban J connectivity index is 0.880. The highest BCUT2D eigenvalue weighted by atomic mass is 16.8. The predicted molar refractivity (Wildman–Crippen MR) is 224 cm³/mol. The molecule has 4 heterocycles. The molecule has 19 nitrogen and oxygen atoms in total. The van der Waals surface area contributed by atoms with Gasteiger partial charge in [-0.15, -0.1) is 0 Å². The highest BCUT2D eigenvalue weighted by Gasteiger charge is 2.69. The topological polar surface area (TPSA) is 296 Å². The average Bonchev–Trinajstić information content (AvgIpc) is 3.76. The summed E-state index contributed by atoms with van der Waals surface area (Å²) in [5.41, 5.74) is 0.150. The largest absolute Gasteiger partial charge is 0.394 e. The van der Waals surface area contributed by atoms with Crippen LogP contribution in [0.1, 0.15) is 91.9 Å². The average molecular weight is 935 g/mol. The van der Waals surface area contributed by atoms with Crippen LogP contribution in [0.15, 0.2) is 0 Å². The molecule has 376 valence electrons. The lowest BCUT2D eigenvalue weighted by molar-refractivity contribution is -0.373. The maximum Gasteiger partial charge on any atom is 0.187 e. The predicted octanol–water partition coefficient (Wildman–Crippen LogP) is -1.13. The van der Waals surface area contributed by atoms with Crippen molar-refractivity contribution in [3.05, 3.63) is 0 Å². The first-order valence-corrected chi connectivity index (χ1v) is 24.2. The second-order valence-corrected chi connectivity index (χ2v) is 21.6. The lowest BCUT2D eigenvalue weighted by Gasteiger charge is -2.61. The summed E-state index contributed by atoms with van der Waals surface area (Å²) in [6.45, 7) is 7.69. The van der Waals surface area contributed by atoms with E-state index in [0.717, 1.165) is 44.9 Å². The Morgan fingerprint density at radius 2 is 1.22 bits per heavy atom. The second-order valence-electron chi connectivity index (χ2n) is 21.6. The molecule has 65 heavy (non-hydrogen) atoms. The summed E-state index contributed by atoms with van der Waals surface area (Å²) in [6, 6.07) is 0. The van der Waals surface area contributed by atoms with Crippen LogP contribution in [0, 0.1) is 52.3 Å². The maximum absolute atomic E-state index is 11.2. The van der Waals surface area contributed by atoms with Gasteiger partial charge in [-0.1, -0.05) is 27.7 Å². The van der Waals surface area contributed by atoms with Crippen molar-refractivity contribution in [2.75, 3.05) is 33.5 Å². The van der Waals surface area contributed by atoms with E-state index in [-0.39, 0.29) is 41.5 Å². The second kappa shape index (κ2) is 19.8. The van der Waals surface area contributed by atoms with Crippen LogP contribution in [0.25, 0.3) is 0 Å². The molecule has 4 saturated heterocycles. The monoisotopic (exact) mass is 935 g/mol. The number of hydrogen-bond donors (Lipinski definition) is 11. The quantitative estimate of drug-likeness (QED) is 0.0920. The normalized spacial score (nSPS) is 54.9. The standard InChI is InChI=1S/C46H78O19/c1-20(19-59-41-38(56)35(53)32(50)28(16-47)61-41)8-13-46(58-5)21(2)31-27(65-46)15-26-24-7-6-22-14-23(9-11-44(22,3)25(24)10-12-45(26,31)4)60-43-40(37(55)34(52)30(18-49)63-43)64-42-39(57)36(54)33(51)29(17-48)62-42/h20-43,47-57H,6-19H2,1-5H3/t20-,21+,22-,23+,24-,25-,26-,27+,28-,29-,30-,31+,32-,33-,34-,35+,36+,37+,38-,39-,40-,41-,42+,43-,44-,45+,46+/m0/s1. The smallest absolute Gasteiger partial charge is 0.187 e. The molecule has 4 aliphatic carbocycles. The molecule has 0 aromatic heterocycles. The van der Waals surface area contributed by atoms with Gasteiger partial charge >= 0.3 is 0 Å². The number of hydrogen-bond acceptors (Lipinski definition) is 19. The summed E-state index contributed by atoms with van der Waals surface area (Å²) in [5, 5.41) is 113. The number of aliphatic hydroxyl groups is 11. The van der Waals surface area contributed by atoms with Gasteiger partial charge in [0.1, 0.15) is 73.2 Å². The first kappa shape index (κ1) is 50.6. The van der Waals surface area contributed by atoms with Crippen molar-refractivity contribution >= 4 is 0 Å². The molecule has 0 aromatic rings. The van der Waals surface area contributed by atoms with Crippen LogP contribution < -0.4 is 0 Å². The molecule has 8 rings (SSSR count). The fourth-order valence-electron chi connectivity index (χ4n) is 14.5. The lowest BCUT2D eigenvalue weighted by Crippen LogP contribution is -2.65. The van der Waals surface area contributed by atoms with Gasteiger partial charge in [-0.05, 0) is 104 Å². The molecule has 8 aliphatic rings. The van der Waals surface area contributed by atoms with E-state index in [9.17, 15) is 56.2 Å². The van der Waals surface area contributed by atoms with Crippen molar-refractivity contribution in [1.29, 1.82) is 0 Å². The number of methoxy groups -OCH3 is 1. The molecule has 0 bridgehead atoms. The van der Waals surface area contributed by atoms with E-state index in [1.54, 1.807) is 7.11 Å². The van der Waals surface area contributed by atoms with Crippen molar-refractivity contribution in [3.8, 4) is 0 Å². The molecule has 4 saturated carbocycles. The van der Waals surface area contributed by atoms with E-state index in [2.05, 4.69) is 20.8 Å². The molecular formula is C46H78O19. The lowest BCUT2D eigenvalue weighted by atomic mass is 9.44. The molecule has 0 spiro atoms. The SMILES string of the molecule is CO[C@]1(CC[C@H](C)CO[C@H]2O[C@@H](CO)[C@H](O)[C@@H](O)[C@@H]2O)O[C@@H]2C[C@H]3[C@H]4CC[C@H]5C[C@H](O[C@H]6O[C@@H](CO)[C@H](O)[C@@H](O)[C@@H]6O[C@H]6O[C@@H](CO)[C@H](O)[C@@H](O)[C@@H]6O)CC[C@]5(C)[C@H]4CC[C@@]3(C)[C@@H]2[C@H]1C. The number of aliphatic hydroxyl groups excluding tert-OH is 11. The van der Waals surface area contributed by atoms with Crippen molar-refractivity contribution in [2.24, 2.45) is 52.3 Å². The Kier molecular flexibility index (Phi) is 15.4. The molecule has 0 unspecified atom stereocenters. The van der Waals surface area contributed by atoms with Gasteiger partial charge in [0.2, 0.25) is 0 Å². The van der Waals surface area contributed by atoms with Crippen LogP contribution in [0.4, 0.5) is 0 Å². The molecule has 19 heteroatoms. The molecular weight excluding hydrogens is 856 g/mol. The zero-order chi connectivity index (χ0) is 46.9. The van der Waals surface area contributed by atoms with Gasteiger partial charge in [0, 0.05) is 19.4 Å². The highest BCUT2D eigenvalue weighted by Crippen LogP contribution is 2.71. The highest BCUT2D eigenvalue weighted by molar-refractivity contribution is 5.15. The van der Waals surface area contributed by atoms with Gasteiger partial charge in [0.05, 0.1) is 38.6 Å². The summed E-state index contributed by atoms with van der Waals surface area (Å²) in [6.07, 6.45) is -12.7. The van der Waals surface area contributed by atoms with Crippen LogP contribution in [-0.4, -0.2) is 200 Å². The number of rotatable bonds is 14. The molecule has 11 N–H and O–H groups in total. The van der Waals surface area contributed by atoms with Crippen LogP contribution in [-0.2, 0) is 37.9 Å². The molecule has 27 atom stereocenters. The minimum absolute atomic E-state index is 0.0271. The van der Waals surface area contributed by atoms with E-state index in [1.807, 2.05) is 6.92 Å². The molecule has 0 amide bonds. The van der Waals surface area contributed by atoms with Crippen molar-refractivity contribution < 1.29 is 94.1 Å². The fourth-order valence-corrected chi connectivity index (χ4v) is 14.5.